The third-order valence-corrected chi connectivity index (χ3v) is 5.35. The molecule has 0 N–H and O–H groups in total. The molecule has 4 aromatic rings. The number of pyridine rings is 1. The molecule has 0 unspecified atom stereocenters. The Balaban J connectivity index is 1.59. The lowest BCUT2D eigenvalue weighted by Crippen LogP contribution is -2.29. The summed E-state index contributed by atoms with van der Waals surface area (Å²) >= 11 is 0. The van der Waals surface area contributed by atoms with Gasteiger partial charge in [-0.05, 0) is 43.3 Å². The van der Waals surface area contributed by atoms with Crippen LogP contribution in [0.1, 0.15) is 26.4 Å². The number of rotatable bonds is 4. The Morgan fingerprint density at radius 1 is 0.941 bits per heavy atom. The number of amides is 2. The number of carbonyl (C=O) groups excluding carboxylic acids is 2. The molecule has 34 heavy (non-hydrogen) atoms. The fourth-order valence-corrected chi connectivity index (χ4v) is 3.91. The van der Waals surface area contributed by atoms with Crippen molar-refractivity contribution in [2.75, 3.05) is 12.0 Å². The fraction of sp³-hybridized carbons (Fsp3) is 0.130. The number of methoxy groups -OCH3 is 1. The maximum Gasteiger partial charge on any atom is 0.573 e. The van der Waals surface area contributed by atoms with Gasteiger partial charge < -0.3 is 9.47 Å². The van der Waals surface area contributed by atoms with Gasteiger partial charge in [0.2, 0.25) is 0 Å². The van der Waals surface area contributed by atoms with Gasteiger partial charge in [-0.15, -0.1) is 13.2 Å². The first-order valence-corrected chi connectivity index (χ1v) is 9.95. The van der Waals surface area contributed by atoms with E-state index in [1.54, 1.807) is 31.2 Å². The summed E-state index contributed by atoms with van der Waals surface area (Å²) in [6.45, 7) is 1.66. The summed E-state index contributed by atoms with van der Waals surface area (Å²) < 4.78 is 47.8. The molecule has 5 rings (SSSR count). The molecule has 1 aliphatic rings. The van der Waals surface area contributed by atoms with Crippen LogP contribution in [0.15, 0.2) is 54.7 Å². The lowest BCUT2D eigenvalue weighted by Gasteiger charge is -2.14. The average molecular weight is 468 g/mol. The van der Waals surface area contributed by atoms with Crippen LogP contribution in [0.25, 0.3) is 16.7 Å². The Kier molecular flexibility index (Phi) is 4.78. The van der Waals surface area contributed by atoms with Crippen LogP contribution < -0.4 is 14.4 Å². The number of fused-ring (bicyclic) bond motifs is 3. The van der Waals surface area contributed by atoms with Gasteiger partial charge in [0.25, 0.3) is 11.8 Å². The van der Waals surface area contributed by atoms with E-state index >= 15 is 0 Å². The van der Waals surface area contributed by atoms with Gasteiger partial charge in [0.15, 0.2) is 5.65 Å². The highest BCUT2D eigenvalue weighted by Gasteiger charge is 2.40. The number of hydrogen-bond acceptors (Lipinski definition) is 6. The van der Waals surface area contributed by atoms with Gasteiger partial charge in [-0.25, -0.2) is 14.6 Å². The van der Waals surface area contributed by atoms with E-state index in [1.807, 2.05) is 0 Å². The van der Waals surface area contributed by atoms with Crippen LogP contribution in [-0.2, 0) is 0 Å². The molecule has 0 atom stereocenters. The average Bonchev–Trinajstić information content (AvgIpc) is 3.27. The first-order chi connectivity index (χ1) is 16.2. The molecule has 0 saturated carbocycles. The van der Waals surface area contributed by atoms with Crippen molar-refractivity contribution in [3.05, 3.63) is 71.5 Å². The Morgan fingerprint density at radius 2 is 1.68 bits per heavy atom. The van der Waals surface area contributed by atoms with Crippen LogP contribution in [0.5, 0.6) is 11.5 Å². The zero-order valence-corrected chi connectivity index (χ0v) is 17.8. The first kappa shape index (κ1) is 21.4. The second-order valence-electron chi connectivity index (χ2n) is 7.43. The van der Waals surface area contributed by atoms with Crippen molar-refractivity contribution >= 4 is 28.5 Å². The van der Waals surface area contributed by atoms with Crippen LogP contribution in [0.3, 0.4) is 0 Å². The van der Waals surface area contributed by atoms with Crippen LogP contribution in [-0.4, -0.2) is 40.1 Å². The highest BCUT2D eigenvalue weighted by molar-refractivity contribution is 6.37. The summed E-state index contributed by atoms with van der Waals surface area (Å²) in [6.07, 6.45) is -3.50. The van der Waals surface area contributed by atoms with Crippen LogP contribution in [0.2, 0.25) is 0 Å². The molecule has 2 aromatic carbocycles. The lowest BCUT2D eigenvalue weighted by atomic mass is 10.1. The summed E-state index contributed by atoms with van der Waals surface area (Å²) in [7, 11) is 1.48. The maximum absolute atomic E-state index is 13.4. The number of imide groups is 1. The summed E-state index contributed by atoms with van der Waals surface area (Å²) in [5.74, 6) is -0.951. The van der Waals surface area contributed by atoms with Crippen molar-refractivity contribution in [3.63, 3.8) is 0 Å². The zero-order valence-electron chi connectivity index (χ0n) is 17.8. The molecule has 0 saturated heterocycles. The number of aromatic nitrogens is 3. The van der Waals surface area contributed by atoms with Gasteiger partial charge >= 0.3 is 6.36 Å². The quantitative estimate of drug-likeness (QED) is 0.412. The summed E-state index contributed by atoms with van der Waals surface area (Å²) in [6, 6.07) is 11.6. The molecule has 8 nitrogen and oxygen atoms in total. The highest BCUT2D eigenvalue weighted by Crippen LogP contribution is 2.35. The van der Waals surface area contributed by atoms with Crippen LogP contribution in [0.4, 0.5) is 18.9 Å². The predicted octanol–water partition coefficient (Wildman–Crippen LogP) is 4.44. The number of halogens is 3. The minimum Gasteiger partial charge on any atom is -0.497 e. The smallest absolute Gasteiger partial charge is 0.497 e. The Bertz CT molecular complexity index is 1460. The van der Waals surface area contributed by atoms with E-state index < -0.39 is 18.2 Å². The molecule has 11 heteroatoms. The van der Waals surface area contributed by atoms with Gasteiger partial charge in [-0.3, -0.25) is 9.59 Å². The van der Waals surface area contributed by atoms with Crippen molar-refractivity contribution in [3.8, 4) is 17.2 Å². The molecule has 0 bridgehead atoms. The number of aryl methyl sites for hydroxylation is 1. The fourth-order valence-electron chi connectivity index (χ4n) is 3.91. The van der Waals surface area contributed by atoms with E-state index in [1.165, 1.54) is 30.1 Å². The Hall–Kier alpha value is -4.41. The van der Waals surface area contributed by atoms with E-state index in [9.17, 15) is 22.8 Å². The van der Waals surface area contributed by atoms with Gasteiger partial charge in [-0.1, -0.05) is 6.07 Å². The lowest BCUT2D eigenvalue weighted by molar-refractivity contribution is -0.274. The third-order valence-electron chi connectivity index (χ3n) is 5.35. The summed E-state index contributed by atoms with van der Waals surface area (Å²) in [5, 5.41) is 4.80. The van der Waals surface area contributed by atoms with Crippen molar-refractivity contribution in [1.82, 2.24) is 14.8 Å². The van der Waals surface area contributed by atoms with Gasteiger partial charge in [0.1, 0.15) is 11.5 Å². The van der Waals surface area contributed by atoms with Gasteiger partial charge in [0.05, 0.1) is 40.7 Å². The Labute approximate surface area is 190 Å². The van der Waals surface area contributed by atoms with Gasteiger partial charge in [-0.2, -0.15) is 5.10 Å². The molecule has 1 aliphatic heterocycles. The number of benzene rings is 2. The monoisotopic (exact) mass is 468 g/mol. The molecule has 0 radical (unpaired) electrons. The van der Waals surface area contributed by atoms with E-state index in [0.717, 1.165) is 17.0 Å². The second kappa shape index (κ2) is 7.58. The summed E-state index contributed by atoms with van der Waals surface area (Å²) in [4.78, 5) is 31.8. The largest absolute Gasteiger partial charge is 0.573 e. The van der Waals surface area contributed by atoms with Crippen LogP contribution >= 0.6 is 0 Å². The van der Waals surface area contributed by atoms with Crippen LogP contribution in [0, 0.1) is 6.92 Å². The predicted molar refractivity (Wildman–Crippen MR) is 114 cm³/mol. The number of anilines is 1. The standard InChI is InChI=1S/C23H15F3N4O4/c1-12-18-19-17(21(31)29(22(19)32)14-4-3-5-16(10-14)33-2)11-27-20(18)30(28-12)13-6-8-15(9-7-13)34-23(24,25)26/h3-11H,1-2H3. The van der Waals surface area contributed by atoms with Crippen molar-refractivity contribution in [2.45, 2.75) is 13.3 Å². The molecule has 3 heterocycles. The SMILES string of the molecule is COc1cccc(N2C(=O)c3cnc4c(c(C)nn4-c4ccc(OC(F)(F)F)cc4)c3C2=O)c1. The number of nitrogens with zero attached hydrogens (tertiary/aromatic N) is 4. The number of carbonyl (C=O) groups is 2. The molecular formula is C23H15F3N4O4. The number of hydrogen-bond donors (Lipinski definition) is 0. The normalized spacial score (nSPS) is 13.5. The topological polar surface area (TPSA) is 86.6 Å². The number of alkyl halides is 3. The molecular weight excluding hydrogens is 453 g/mol. The van der Waals surface area contributed by atoms with Gasteiger partial charge in [0, 0.05) is 12.3 Å². The van der Waals surface area contributed by atoms with Crippen molar-refractivity contribution < 1.29 is 32.2 Å². The highest BCUT2D eigenvalue weighted by atomic mass is 19.4. The molecule has 0 spiro atoms. The third kappa shape index (κ3) is 3.41. The first-order valence-electron chi connectivity index (χ1n) is 9.95. The van der Waals surface area contributed by atoms with E-state index in [4.69, 9.17) is 4.74 Å². The Morgan fingerprint density at radius 3 is 2.35 bits per heavy atom. The minimum absolute atomic E-state index is 0.136. The molecule has 172 valence electrons. The van der Waals surface area contributed by atoms with Crippen molar-refractivity contribution in [1.29, 1.82) is 0 Å². The maximum atomic E-state index is 13.4. The van der Waals surface area contributed by atoms with E-state index in [-0.39, 0.29) is 22.5 Å². The summed E-state index contributed by atoms with van der Waals surface area (Å²) in [5.41, 5.74) is 1.78. The van der Waals surface area contributed by atoms with E-state index in [2.05, 4.69) is 14.8 Å². The molecule has 2 amide bonds. The minimum atomic E-state index is -4.81. The number of ether oxygens (including phenoxy) is 2. The van der Waals surface area contributed by atoms with E-state index in [0.29, 0.717) is 28.2 Å². The molecule has 0 aliphatic carbocycles. The molecule has 2 aromatic heterocycles. The van der Waals surface area contributed by atoms with Crippen molar-refractivity contribution in [2.24, 2.45) is 0 Å². The zero-order chi connectivity index (χ0) is 24.2. The second-order valence-corrected chi connectivity index (χ2v) is 7.43. The molecule has 0 fully saturated rings.